The molecule has 1 aromatic heterocycles. The van der Waals surface area contributed by atoms with E-state index in [9.17, 15) is 9.59 Å². The number of fused-ring (bicyclic) bond motifs is 1. The molecule has 190 valence electrons. The second-order valence-corrected chi connectivity index (χ2v) is 11.0. The second kappa shape index (κ2) is 10.3. The van der Waals surface area contributed by atoms with Crippen molar-refractivity contribution in [3.8, 4) is 0 Å². The number of H-pyrrole nitrogens is 1. The van der Waals surface area contributed by atoms with Crippen LogP contribution in [0.25, 0.3) is 10.9 Å². The Bertz CT molecular complexity index is 1230. The Kier molecular flexibility index (Phi) is 7.09. The molecule has 2 aromatic carbocycles. The van der Waals surface area contributed by atoms with Crippen LogP contribution in [0.15, 0.2) is 54.7 Å². The molecule has 3 aromatic rings. The maximum atomic E-state index is 14.0. The van der Waals surface area contributed by atoms with Crippen molar-refractivity contribution < 1.29 is 9.59 Å². The molecule has 3 heterocycles. The highest BCUT2D eigenvalue weighted by Crippen LogP contribution is 2.34. The fourth-order valence-corrected chi connectivity index (χ4v) is 6.16. The number of piperidine rings is 2. The van der Waals surface area contributed by atoms with Crippen molar-refractivity contribution in [1.82, 2.24) is 20.1 Å². The zero-order chi connectivity index (χ0) is 25.3. The normalized spacial score (nSPS) is 19.8. The highest BCUT2D eigenvalue weighted by Gasteiger charge is 2.41. The van der Waals surface area contributed by atoms with E-state index in [1.165, 1.54) is 25.9 Å². The van der Waals surface area contributed by atoms with Crippen molar-refractivity contribution in [2.75, 3.05) is 33.2 Å². The largest absolute Gasteiger partial charge is 0.360 e. The highest BCUT2D eigenvalue weighted by molar-refractivity contribution is 6.35. The van der Waals surface area contributed by atoms with Gasteiger partial charge in [-0.15, -0.1) is 0 Å². The molecule has 0 unspecified atom stereocenters. The number of aromatic nitrogens is 1. The zero-order valence-electron chi connectivity index (χ0n) is 21.1. The van der Waals surface area contributed by atoms with Gasteiger partial charge in [-0.3, -0.25) is 9.59 Å². The average molecular weight is 507 g/mol. The first-order chi connectivity index (χ1) is 17.3. The van der Waals surface area contributed by atoms with Crippen LogP contribution in [0.3, 0.4) is 0 Å². The third kappa shape index (κ3) is 4.89. The van der Waals surface area contributed by atoms with Gasteiger partial charge in [0.2, 0.25) is 0 Å². The van der Waals surface area contributed by atoms with Gasteiger partial charge >= 0.3 is 0 Å². The third-order valence-corrected chi connectivity index (χ3v) is 8.61. The summed E-state index contributed by atoms with van der Waals surface area (Å²) in [6.45, 7) is 5.64. The molecule has 2 fully saturated rings. The Labute approximate surface area is 218 Å². The fourth-order valence-electron chi connectivity index (χ4n) is 5.94. The van der Waals surface area contributed by atoms with Crippen LogP contribution in [0.2, 0.25) is 5.02 Å². The number of benzene rings is 2. The van der Waals surface area contributed by atoms with Gasteiger partial charge in [0.05, 0.1) is 5.02 Å². The predicted molar refractivity (Wildman–Crippen MR) is 144 cm³/mol. The summed E-state index contributed by atoms with van der Waals surface area (Å²) in [5.74, 6) is 1.10. The Hall–Kier alpha value is -2.83. The monoisotopic (exact) mass is 506 g/mol. The van der Waals surface area contributed by atoms with E-state index < -0.39 is 5.54 Å². The number of likely N-dealkylation sites (tertiary alicyclic amines) is 2. The van der Waals surface area contributed by atoms with Crippen molar-refractivity contribution in [2.45, 2.75) is 38.1 Å². The molecule has 0 aliphatic carbocycles. The van der Waals surface area contributed by atoms with Gasteiger partial charge < -0.3 is 20.1 Å². The van der Waals surface area contributed by atoms with E-state index in [2.05, 4.69) is 22.2 Å². The molecule has 0 spiro atoms. The van der Waals surface area contributed by atoms with E-state index in [0.29, 0.717) is 16.5 Å². The van der Waals surface area contributed by atoms with Crippen LogP contribution in [0.5, 0.6) is 0 Å². The molecular formula is C29H35ClN4O2. The van der Waals surface area contributed by atoms with Gasteiger partial charge in [0.1, 0.15) is 5.54 Å². The molecular weight excluding hydrogens is 472 g/mol. The molecule has 2 saturated heterocycles. The average Bonchev–Trinajstić information content (AvgIpc) is 3.29. The lowest BCUT2D eigenvalue weighted by atomic mass is 9.78. The molecule has 7 heteroatoms. The molecule has 2 N–H and O–H groups in total. The minimum atomic E-state index is -1.17. The van der Waals surface area contributed by atoms with Crippen molar-refractivity contribution in [3.63, 3.8) is 0 Å². The number of rotatable bonds is 5. The molecule has 6 nitrogen and oxygen atoms in total. The number of nitrogens with one attached hydrogen (secondary N) is 2. The van der Waals surface area contributed by atoms with E-state index in [4.69, 9.17) is 11.6 Å². The minimum Gasteiger partial charge on any atom is -0.360 e. The first kappa shape index (κ1) is 24.8. The molecule has 5 rings (SSSR count). The number of carbonyl (C=O) groups excluding carboxylic acids is 2. The SMILES string of the molecule is CN1CCC(C2CCN(C(=O)[C@](C)(NC(=O)c3ccc4c(Cl)c[nH]c4c3)c3ccccc3)CC2)CC1. The second-order valence-electron chi connectivity index (χ2n) is 10.6. The maximum Gasteiger partial charge on any atom is 0.252 e. The number of aromatic amines is 1. The molecule has 2 amide bonds. The Morgan fingerprint density at radius 3 is 2.28 bits per heavy atom. The van der Waals surface area contributed by atoms with Crippen LogP contribution in [-0.2, 0) is 10.3 Å². The number of halogens is 1. The molecule has 1 atom stereocenters. The smallest absolute Gasteiger partial charge is 0.252 e. The fraction of sp³-hybridized carbons (Fsp3) is 0.448. The molecule has 0 bridgehead atoms. The molecule has 0 saturated carbocycles. The first-order valence-electron chi connectivity index (χ1n) is 13.0. The van der Waals surface area contributed by atoms with Crippen molar-refractivity contribution in [1.29, 1.82) is 0 Å². The minimum absolute atomic E-state index is 0.0483. The lowest BCUT2D eigenvalue weighted by Gasteiger charge is -2.42. The molecule has 0 radical (unpaired) electrons. The summed E-state index contributed by atoms with van der Waals surface area (Å²) >= 11 is 6.20. The lowest BCUT2D eigenvalue weighted by Crippen LogP contribution is -2.57. The molecule has 2 aliphatic heterocycles. The summed E-state index contributed by atoms with van der Waals surface area (Å²) in [5.41, 5.74) is 0.888. The first-order valence-corrected chi connectivity index (χ1v) is 13.4. The number of nitrogens with zero attached hydrogens (tertiary/aromatic N) is 2. The number of carbonyl (C=O) groups is 2. The zero-order valence-corrected chi connectivity index (χ0v) is 21.9. The Morgan fingerprint density at radius 1 is 0.972 bits per heavy atom. The lowest BCUT2D eigenvalue weighted by molar-refractivity contribution is -0.139. The van der Waals surface area contributed by atoms with Crippen molar-refractivity contribution >= 4 is 34.3 Å². The molecule has 36 heavy (non-hydrogen) atoms. The summed E-state index contributed by atoms with van der Waals surface area (Å²) in [4.78, 5) is 34.9. The standard InChI is InChI=1S/C29H35ClN4O2/c1-29(23-6-4-3-5-7-23,32-27(35)22-8-9-24-25(30)19-31-26(24)18-22)28(36)34-16-12-21(13-17-34)20-10-14-33(2)15-11-20/h3-9,18-21,31H,10-17H2,1-2H3,(H,32,35)/t29-/m1/s1. The van der Waals surface area contributed by atoms with Crippen LogP contribution in [0.1, 0.15) is 48.5 Å². The number of amides is 2. The van der Waals surface area contributed by atoms with Crippen LogP contribution in [-0.4, -0.2) is 59.8 Å². The van der Waals surface area contributed by atoms with Crippen LogP contribution in [0.4, 0.5) is 0 Å². The quantitative estimate of drug-likeness (QED) is 0.509. The van der Waals surface area contributed by atoms with E-state index in [1.54, 1.807) is 18.3 Å². The van der Waals surface area contributed by atoms with Gasteiger partial charge in [-0.2, -0.15) is 0 Å². The van der Waals surface area contributed by atoms with Crippen molar-refractivity contribution in [2.24, 2.45) is 11.8 Å². The van der Waals surface area contributed by atoms with Crippen LogP contribution >= 0.6 is 11.6 Å². The highest BCUT2D eigenvalue weighted by atomic mass is 35.5. The topological polar surface area (TPSA) is 68.4 Å². The maximum absolute atomic E-state index is 14.0. The number of hydrogen-bond acceptors (Lipinski definition) is 3. The molecule has 2 aliphatic rings. The van der Waals surface area contributed by atoms with Crippen molar-refractivity contribution in [3.05, 3.63) is 70.9 Å². The summed E-state index contributed by atoms with van der Waals surface area (Å²) in [5, 5.41) is 4.57. The van der Waals surface area contributed by atoms with Gasteiger partial charge in [-0.25, -0.2) is 0 Å². The Morgan fingerprint density at radius 2 is 1.61 bits per heavy atom. The number of hydrogen-bond donors (Lipinski definition) is 2. The summed E-state index contributed by atoms with van der Waals surface area (Å²) in [6, 6.07) is 14.9. The van der Waals surface area contributed by atoms with Gasteiger partial charge in [0.25, 0.3) is 11.8 Å². The third-order valence-electron chi connectivity index (χ3n) is 8.29. The summed E-state index contributed by atoms with van der Waals surface area (Å²) in [7, 11) is 2.20. The van der Waals surface area contributed by atoms with E-state index >= 15 is 0 Å². The summed E-state index contributed by atoms with van der Waals surface area (Å²) < 4.78 is 0. The van der Waals surface area contributed by atoms with E-state index in [-0.39, 0.29) is 11.8 Å². The van der Waals surface area contributed by atoms with Gasteiger partial charge in [-0.05, 0) is 82.3 Å². The van der Waals surface area contributed by atoms with Crippen LogP contribution in [0, 0.1) is 11.8 Å². The van der Waals surface area contributed by atoms with E-state index in [1.807, 2.05) is 48.2 Å². The summed E-state index contributed by atoms with van der Waals surface area (Å²) in [6.07, 6.45) is 6.28. The Balaban J connectivity index is 1.33. The van der Waals surface area contributed by atoms with Gasteiger partial charge in [0.15, 0.2) is 0 Å². The van der Waals surface area contributed by atoms with Gasteiger partial charge in [0, 0.05) is 35.8 Å². The van der Waals surface area contributed by atoms with E-state index in [0.717, 1.165) is 48.3 Å². The predicted octanol–water partition coefficient (Wildman–Crippen LogP) is 5.05. The van der Waals surface area contributed by atoms with Gasteiger partial charge in [-0.1, -0.05) is 48.0 Å². The van der Waals surface area contributed by atoms with Crippen LogP contribution < -0.4 is 5.32 Å².